The van der Waals surface area contributed by atoms with Gasteiger partial charge in [-0.05, 0) is 20.3 Å². The van der Waals surface area contributed by atoms with Crippen molar-refractivity contribution in [3.05, 3.63) is 11.4 Å². The number of aryl methyl sites for hydroxylation is 2. The van der Waals surface area contributed by atoms with E-state index in [0.717, 1.165) is 45.7 Å². The lowest BCUT2D eigenvalue weighted by atomic mass is 10.2. The first kappa shape index (κ1) is 17.0. The lowest BCUT2D eigenvalue weighted by Gasteiger charge is -2.02. The molecule has 0 aliphatic rings. The molecule has 2 heterocycles. The van der Waals surface area contributed by atoms with Gasteiger partial charge in [0.05, 0.1) is 24.1 Å². The largest absolute Gasteiger partial charge is 0.468 e. The summed E-state index contributed by atoms with van der Waals surface area (Å²) in [5.41, 5.74) is 3.14. The molecule has 8 heteroatoms. The molecule has 0 atom stereocenters. The lowest BCUT2D eigenvalue weighted by molar-refractivity contribution is -0.137. The number of methoxy groups -OCH3 is 1. The third-order valence-electron chi connectivity index (χ3n) is 3.27. The number of carbonyl (C=O) groups is 1. The van der Waals surface area contributed by atoms with Crippen LogP contribution in [-0.4, -0.2) is 38.8 Å². The SMILES string of the molecule is CCCCn1nc(C)c(-c2nnc(SCC(=O)OC)s2)c1C. The maximum atomic E-state index is 11.2. The van der Waals surface area contributed by atoms with Crippen LogP contribution in [-0.2, 0) is 16.1 Å². The molecule has 0 aliphatic heterocycles. The van der Waals surface area contributed by atoms with Crippen molar-refractivity contribution in [2.24, 2.45) is 0 Å². The highest BCUT2D eigenvalue weighted by atomic mass is 32.2. The van der Waals surface area contributed by atoms with Crippen LogP contribution in [0.1, 0.15) is 31.2 Å². The second-order valence-electron chi connectivity index (χ2n) is 4.86. The molecule has 120 valence electrons. The van der Waals surface area contributed by atoms with E-state index in [-0.39, 0.29) is 11.7 Å². The molecule has 0 aromatic carbocycles. The zero-order valence-corrected chi connectivity index (χ0v) is 14.9. The fourth-order valence-corrected chi connectivity index (χ4v) is 3.91. The van der Waals surface area contributed by atoms with E-state index in [4.69, 9.17) is 0 Å². The normalized spacial score (nSPS) is 10.9. The predicted molar refractivity (Wildman–Crippen MR) is 88.3 cm³/mol. The van der Waals surface area contributed by atoms with Crippen molar-refractivity contribution in [2.75, 3.05) is 12.9 Å². The van der Waals surface area contributed by atoms with Crippen molar-refractivity contribution in [1.82, 2.24) is 20.0 Å². The molecular formula is C14H20N4O2S2. The van der Waals surface area contributed by atoms with Crippen molar-refractivity contribution in [3.63, 3.8) is 0 Å². The summed E-state index contributed by atoms with van der Waals surface area (Å²) in [7, 11) is 1.38. The Balaban J connectivity index is 2.16. The first-order valence-electron chi connectivity index (χ1n) is 7.14. The topological polar surface area (TPSA) is 69.9 Å². The summed E-state index contributed by atoms with van der Waals surface area (Å²) in [6.07, 6.45) is 2.25. The first-order valence-corrected chi connectivity index (χ1v) is 8.94. The van der Waals surface area contributed by atoms with Gasteiger partial charge in [-0.25, -0.2) is 0 Å². The van der Waals surface area contributed by atoms with Crippen molar-refractivity contribution in [1.29, 1.82) is 0 Å². The van der Waals surface area contributed by atoms with Gasteiger partial charge in [-0.1, -0.05) is 36.4 Å². The van der Waals surface area contributed by atoms with Crippen molar-refractivity contribution < 1.29 is 9.53 Å². The van der Waals surface area contributed by atoms with Crippen molar-refractivity contribution in [2.45, 2.75) is 44.5 Å². The second kappa shape index (κ2) is 7.73. The van der Waals surface area contributed by atoms with Crippen LogP contribution in [0.5, 0.6) is 0 Å². The zero-order valence-electron chi connectivity index (χ0n) is 13.3. The second-order valence-corrected chi connectivity index (χ2v) is 7.06. The van der Waals surface area contributed by atoms with E-state index in [0.29, 0.717) is 0 Å². The highest BCUT2D eigenvalue weighted by Crippen LogP contribution is 2.33. The minimum absolute atomic E-state index is 0.249. The summed E-state index contributed by atoms with van der Waals surface area (Å²) < 4.78 is 7.43. The monoisotopic (exact) mass is 340 g/mol. The highest BCUT2D eigenvalue weighted by Gasteiger charge is 2.18. The van der Waals surface area contributed by atoms with E-state index in [1.54, 1.807) is 0 Å². The molecule has 0 saturated heterocycles. The summed E-state index contributed by atoms with van der Waals surface area (Å²) in [6, 6.07) is 0. The van der Waals surface area contributed by atoms with Crippen LogP contribution in [0.25, 0.3) is 10.6 Å². The van der Waals surface area contributed by atoms with E-state index in [9.17, 15) is 4.79 Å². The fourth-order valence-electron chi connectivity index (χ4n) is 2.08. The number of aromatic nitrogens is 4. The highest BCUT2D eigenvalue weighted by molar-refractivity contribution is 8.01. The quantitative estimate of drug-likeness (QED) is 0.570. The van der Waals surface area contributed by atoms with Gasteiger partial charge >= 0.3 is 5.97 Å². The Labute approximate surface area is 138 Å². The van der Waals surface area contributed by atoms with Crippen LogP contribution in [0.4, 0.5) is 0 Å². The zero-order chi connectivity index (χ0) is 16.1. The molecule has 6 nitrogen and oxygen atoms in total. The summed E-state index contributed by atoms with van der Waals surface area (Å²) >= 11 is 2.83. The molecule has 2 aromatic rings. The number of hydrogen-bond donors (Lipinski definition) is 0. The smallest absolute Gasteiger partial charge is 0.316 e. The van der Waals surface area contributed by atoms with E-state index < -0.39 is 0 Å². The van der Waals surface area contributed by atoms with Gasteiger partial charge in [-0.2, -0.15) is 5.10 Å². The Hall–Kier alpha value is -1.41. The molecule has 0 bridgehead atoms. The van der Waals surface area contributed by atoms with Crippen molar-refractivity contribution >= 4 is 29.1 Å². The van der Waals surface area contributed by atoms with E-state index >= 15 is 0 Å². The first-order chi connectivity index (χ1) is 10.6. The van der Waals surface area contributed by atoms with Gasteiger partial charge < -0.3 is 4.74 Å². The maximum Gasteiger partial charge on any atom is 0.316 e. The van der Waals surface area contributed by atoms with Gasteiger partial charge in [-0.15, -0.1) is 10.2 Å². The average Bonchev–Trinajstić information content (AvgIpc) is 3.07. The molecule has 0 fully saturated rings. The Morgan fingerprint density at radius 1 is 1.36 bits per heavy atom. The average molecular weight is 340 g/mol. The molecule has 2 rings (SSSR count). The molecule has 0 saturated carbocycles. The van der Waals surface area contributed by atoms with E-state index in [1.165, 1.54) is 30.2 Å². The molecular weight excluding hydrogens is 320 g/mol. The summed E-state index contributed by atoms with van der Waals surface area (Å²) in [4.78, 5) is 11.2. The number of thioether (sulfide) groups is 1. The minimum Gasteiger partial charge on any atom is -0.468 e. The number of esters is 1. The summed E-state index contributed by atoms with van der Waals surface area (Å²) in [5, 5.41) is 13.8. The molecule has 0 spiro atoms. The third kappa shape index (κ3) is 3.86. The molecule has 0 amide bonds. The summed E-state index contributed by atoms with van der Waals surface area (Å²) in [5.74, 6) is -0.0136. The number of hydrogen-bond acceptors (Lipinski definition) is 7. The molecule has 2 aromatic heterocycles. The Morgan fingerprint density at radius 3 is 2.82 bits per heavy atom. The number of rotatable bonds is 7. The molecule has 0 aliphatic carbocycles. The third-order valence-corrected chi connectivity index (χ3v) is 5.31. The van der Waals surface area contributed by atoms with Crippen LogP contribution in [0.2, 0.25) is 0 Å². The standard InChI is InChI=1S/C14H20N4O2S2/c1-5-6-7-18-10(3)12(9(2)17-18)13-15-16-14(22-13)21-8-11(19)20-4/h5-8H2,1-4H3. The van der Waals surface area contributed by atoms with Crippen LogP contribution >= 0.6 is 23.1 Å². The minimum atomic E-state index is -0.263. The Bertz CT molecular complexity index is 651. The number of ether oxygens (including phenoxy) is 1. The van der Waals surface area contributed by atoms with Crippen LogP contribution in [0, 0.1) is 13.8 Å². The number of unbranched alkanes of at least 4 members (excludes halogenated alkanes) is 1. The Morgan fingerprint density at radius 2 is 2.14 bits per heavy atom. The van der Waals surface area contributed by atoms with Gasteiger partial charge in [0.25, 0.3) is 0 Å². The van der Waals surface area contributed by atoms with Crippen LogP contribution in [0.15, 0.2) is 4.34 Å². The fraction of sp³-hybridized carbons (Fsp3) is 0.571. The van der Waals surface area contributed by atoms with Gasteiger partial charge in [-0.3, -0.25) is 9.48 Å². The number of nitrogens with zero attached hydrogens (tertiary/aromatic N) is 4. The predicted octanol–water partition coefficient (Wildman–Crippen LogP) is 3.08. The van der Waals surface area contributed by atoms with Gasteiger partial charge in [0.2, 0.25) is 0 Å². The summed E-state index contributed by atoms with van der Waals surface area (Å²) in [6.45, 7) is 7.15. The molecule has 0 radical (unpaired) electrons. The maximum absolute atomic E-state index is 11.2. The molecule has 0 unspecified atom stereocenters. The van der Waals surface area contributed by atoms with E-state index in [2.05, 4.69) is 33.9 Å². The Kier molecular flexibility index (Phi) is 5.96. The van der Waals surface area contributed by atoms with Gasteiger partial charge in [0, 0.05) is 12.2 Å². The van der Waals surface area contributed by atoms with E-state index in [1.807, 2.05) is 11.6 Å². The van der Waals surface area contributed by atoms with Gasteiger partial charge in [0.1, 0.15) is 0 Å². The van der Waals surface area contributed by atoms with Gasteiger partial charge in [0.15, 0.2) is 9.35 Å². The molecule has 22 heavy (non-hydrogen) atoms. The number of carbonyl (C=O) groups excluding carboxylic acids is 1. The van der Waals surface area contributed by atoms with Crippen LogP contribution < -0.4 is 0 Å². The lowest BCUT2D eigenvalue weighted by Crippen LogP contribution is -2.02. The van der Waals surface area contributed by atoms with Crippen LogP contribution in [0.3, 0.4) is 0 Å². The van der Waals surface area contributed by atoms with Crippen molar-refractivity contribution in [3.8, 4) is 10.6 Å². The molecule has 0 N–H and O–H groups in total.